The second-order valence-corrected chi connectivity index (χ2v) is 4.26. The molecule has 1 aliphatic rings. The third-order valence-electron chi connectivity index (χ3n) is 3.06. The molecular formula is C13H15NO3. The van der Waals surface area contributed by atoms with Gasteiger partial charge < -0.3 is 5.11 Å². The summed E-state index contributed by atoms with van der Waals surface area (Å²) in [4.78, 5) is 25.3. The van der Waals surface area contributed by atoms with Gasteiger partial charge in [-0.25, -0.2) is 0 Å². The Hall–Kier alpha value is -1.68. The van der Waals surface area contributed by atoms with Crippen molar-refractivity contribution in [3.63, 3.8) is 0 Å². The topological polar surface area (TPSA) is 57.6 Å². The highest BCUT2D eigenvalue weighted by molar-refractivity contribution is 6.09. The smallest absolute Gasteiger partial charge is 0.261 e. The standard InChI is InChI=1S/C13H15NO3/c1-9(6-7-15)14-12(16)8-10-4-2-3-5-11(10)13(14)17/h2-5,9,15H,6-8H2,1H3. The van der Waals surface area contributed by atoms with Crippen molar-refractivity contribution in [2.45, 2.75) is 25.8 Å². The zero-order valence-electron chi connectivity index (χ0n) is 9.72. The molecule has 1 aromatic carbocycles. The van der Waals surface area contributed by atoms with Crippen LogP contribution in [0.2, 0.25) is 0 Å². The molecule has 0 aromatic heterocycles. The van der Waals surface area contributed by atoms with Crippen LogP contribution >= 0.6 is 0 Å². The zero-order valence-corrected chi connectivity index (χ0v) is 9.72. The highest BCUT2D eigenvalue weighted by atomic mass is 16.3. The Balaban J connectivity index is 2.33. The summed E-state index contributed by atoms with van der Waals surface area (Å²) in [5.74, 6) is -0.438. The van der Waals surface area contributed by atoms with E-state index in [4.69, 9.17) is 5.11 Å². The molecule has 0 radical (unpaired) electrons. The maximum Gasteiger partial charge on any atom is 0.261 e. The molecule has 2 rings (SSSR count). The lowest BCUT2D eigenvalue weighted by atomic mass is 9.97. The molecule has 90 valence electrons. The molecule has 0 spiro atoms. The van der Waals surface area contributed by atoms with Gasteiger partial charge in [0, 0.05) is 18.2 Å². The average Bonchev–Trinajstić information content (AvgIpc) is 2.29. The van der Waals surface area contributed by atoms with Crippen LogP contribution in [0.3, 0.4) is 0 Å². The molecular weight excluding hydrogens is 218 g/mol. The maximum absolute atomic E-state index is 12.2. The van der Waals surface area contributed by atoms with E-state index >= 15 is 0 Å². The van der Waals surface area contributed by atoms with Gasteiger partial charge in [-0.1, -0.05) is 18.2 Å². The number of aliphatic hydroxyl groups is 1. The van der Waals surface area contributed by atoms with Crippen LogP contribution in [-0.2, 0) is 11.2 Å². The van der Waals surface area contributed by atoms with Crippen LogP contribution in [0.15, 0.2) is 24.3 Å². The third kappa shape index (κ3) is 2.08. The van der Waals surface area contributed by atoms with Crippen molar-refractivity contribution in [3.8, 4) is 0 Å². The SMILES string of the molecule is CC(CCO)N1C(=O)Cc2ccccc2C1=O. The van der Waals surface area contributed by atoms with Crippen LogP contribution in [0.25, 0.3) is 0 Å². The predicted molar refractivity (Wildman–Crippen MR) is 62.5 cm³/mol. The van der Waals surface area contributed by atoms with Crippen LogP contribution in [-0.4, -0.2) is 34.5 Å². The minimum Gasteiger partial charge on any atom is -0.396 e. The molecule has 0 aliphatic carbocycles. The van der Waals surface area contributed by atoms with E-state index < -0.39 is 0 Å². The average molecular weight is 233 g/mol. The first-order valence-electron chi connectivity index (χ1n) is 5.70. The highest BCUT2D eigenvalue weighted by Gasteiger charge is 2.33. The summed E-state index contributed by atoms with van der Waals surface area (Å²) >= 11 is 0. The van der Waals surface area contributed by atoms with Gasteiger partial charge in [0.2, 0.25) is 5.91 Å². The van der Waals surface area contributed by atoms with E-state index in [1.165, 1.54) is 4.90 Å². The van der Waals surface area contributed by atoms with Crippen LogP contribution in [0.5, 0.6) is 0 Å². The highest BCUT2D eigenvalue weighted by Crippen LogP contribution is 2.22. The van der Waals surface area contributed by atoms with Crippen LogP contribution in [0.1, 0.15) is 29.3 Å². The maximum atomic E-state index is 12.2. The van der Waals surface area contributed by atoms with Gasteiger partial charge in [-0.3, -0.25) is 14.5 Å². The number of benzene rings is 1. The van der Waals surface area contributed by atoms with Gasteiger partial charge in [-0.2, -0.15) is 0 Å². The lowest BCUT2D eigenvalue weighted by Gasteiger charge is -2.31. The molecule has 1 unspecified atom stereocenters. The molecule has 1 heterocycles. The van der Waals surface area contributed by atoms with Crippen LogP contribution < -0.4 is 0 Å². The minimum atomic E-state index is -0.256. The van der Waals surface area contributed by atoms with Gasteiger partial charge in [0.25, 0.3) is 5.91 Å². The number of rotatable bonds is 3. The van der Waals surface area contributed by atoms with Gasteiger partial charge in [-0.15, -0.1) is 0 Å². The fourth-order valence-electron chi connectivity index (χ4n) is 2.14. The molecule has 1 N–H and O–H groups in total. The molecule has 0 fully saturated rings. The first-order valence-corrected chi connectivity index (χ1v) is 5.70. The summed E-state index contributed by atoms with van der Waals surface area (Å²) in [6, 6.07) is 6.91. The zero-order chi connectivity index (χ0) is 12.4. The van der Waals surface area contributed by atoms with E-state index in [9.17, 15) is 9.59 Å². The van der Waals surface area contributed by atoms with Crippen LogP contribution in [0, 0.1) is 0 Å². The number of carbonyl (C=O) groups is 2. The van der Waals surface area contributed by atoms with E-state index in [0.717, 1.165) is 5.56 Å². The molecule has 1 aliphatic heterocycles. The first-order chi connectivity index (χ1) is 8.15. The lowest BCUT2D eigenvalue weighted by molar-refractivity contribution is -0.130. The van der Waals surface area contributed by atoms with Crippen molar-refractivity contribution in [3.05, 3.63) is 35.4 Å². The van der Waals surface area contributed by atoms with Crippen molar-refractivity contribution in [1.82, 2.24) is 4.90 Å². The van der Waals surface area contributed by atoms with Crippen molar-refractivity contribution in [1.29, 1.82) is 0 Å². The second-order valence-electron chi connectivity index (χ2n) is 4.26. The number of hydrogen-bond acceptors (Lipinski definition) is 3. The summed E-state index contributed by atoms with van der Waals surface area (Å²) in [5, 5.41) is 8.89. The van der Waals surface area contributed by atoms with E-state index in [1.807, 2.05) is 6.07 Å². The van der Waals surface area contributed by atoms with Gasteiger partial charge >= 0.3 is 0 Å². The summed E-state index contributed by atoms with van der Waals surface area (Å²) in [6.45, 7) is 1.75. The molecule has 0 saturated heterocycles. The van der Waals surface area contributed by atoms with Crippen LogP contribution in [0.4, 0.5) is 0 Å². The monoisotopic (exact) mass is 233 g/mol. The Morgan fingerprint density at radius 3 is 2.76 bits per heavy atom. The lowest BCUT2D eigenvalue weighted by Crippen LogP contribution is -2.47. The van der Waals surface area contributed by atoms with Gasteiger partial charge in [0.05, 0.1) is 6.42 Å². The molecule has 4 nitrogen and oxygen atoms in total. The molecule has 17 heavy (non-hydrogen) atoms. The van der Waals surface area contributed by atoms with Gasteiger partial charge in [0.1, 0.15) is 0 Å². The largest absolute Gasteiger partial charge is 0.396 e. The number of carbonyl (C=O) groups excluding carboxylic acids is 2. The normalized spacial score (nSPS) is 16.9. The summed E-state index contributed by atoms with van der Waals surface area (Å²) in [6.07, 6.45) is 0.678. The number of imide groups is 1. The van der Waals surface area contributed by atoms with Gasteiger partial charge in [0.15, 0.2) is 0 Å². The molecule has 0 bridgehead atoms. The fraction of sp³-hybridized carbons (Fsp3) is 0.385. The van der Waals surface area contributed by atoms with E-state index in [2.05, 4.69) is 0 Å². The number of amides is 2. The number of hydrogen-bond donors (Lipinski definition) is 1. The van der Waals surface area contributed by atoms with Gasteiger partial charge in [-0.05, 0) is 25.0 Å². The minimum absolute atomic E-state index is 0.0279. The molecule has 1 aromatic rings. The Morgan fingerprint density at radius 2 is 2.06 bits per heavy atom. The van der Waals surface area contributed by atoms with Crippen molar-refractivity contribution < 1.29 is 14.7 Å². The Bertz CT molecular complexity index is 456. The number of aliphatic hydroxyl groups excluding tert-OH is 1. The quantitative estimate of drug-likeness (QED) is 0.792. The van der Waals surface area contributed by atoms with E-state index in [0.29, 0.717) is 12.0 Å². The molecule has 4 heteroatoms. The van der Waals surface area contributed by atoms with E-state index in [-0.39, 0.29) is 30.9 Å². The van der Waals surface area contributed by atoms with Crippen molar-refractivity contribution in [2.24, 2.45) is 0 Å². The van der Waals surface area contributed by atoms with E-state index in [1.54, 1.807) is 25.1 Å². The Kier molecular flexibility index (Phi) is 3.24. The molecule has 1 atom stereocenters. The summed E-state index contributed by atoms with van der Waals surface area (Å²) in [7, 11) is 0. The number of fused-ring (bicyclic) bond motifs is 1. The second kappa shape index (κ2) is 4.67. The van der Waals surface area contributed by atoms with Crippen molar-refractivity contribution in [2.75, 3.05) is 6.61 Å². The summed E-state index contributed by atoms with van der Waals surface area (Å²) < 4.78 is 0. The molecule has 0 saturated carbocycles. The first kappa shape index (κ1) is 11.8. The number of nitrogens with zero attached hydrogens (tertiary/aromatic N) is 1. The Labute approximate surface area is 99.9 Å². The fourth-order valence-corrected chi connectivity index (χ4v) is 2.14. The Morgan fingerprint density at radius 1 is 1.35 bits per heavy atom. The molecule has 2 amide bonds. The third-order valence-corrected chi connectivity index (χ3v) is 3.06. The summed E-state index contributed by atoms with van der Waals surface area (Å²) in [5.41, 5.74) is 1.38. The predicted octanol–water partition coefficient (Wildman–Crippen LogP) is 0.982. The van der Waals surface area contributed by atoms with Crippen molar-refractivity contribution >= 4 is 11.8 Å².